The molecule has 0 radical (unpaired) electrons. The monoisotopic (exact) mass is 430 g/mol. The second-order valence-corrected chi connectivity index (χ2v) is 7.57. The molecule has 1 aromatic carbocycles. The zero-order valence-corrected chi connectivity index (χ0v) is 18.4. The second-order valence-electron chi connectivity index (χ2n) is 7.57. The van der Waals surface area contributed by atoms with E-state index in [-0.39, 0.29) is 31.5 Å². The number of carbonyl (C=O) groups is 3. The maximum Gasteiger partial charge on any atom is 0.309 e. The Morgan fingerprint density at radius 2 is 1.71 bits per heavy atom. The van der Waals surface area contributed by atoms with Crippen molar-refractivity contribution in [2.75, 3.05) is 13.2 Å². The van der Waals surface area contributed by atoms with Crippen LogP contribution >= 0.6 is 0 Å². The van der Waals surface area contributed by atoms with Gasteiger partial charge in [0.1, 0.15) is 12.0 Å². The molecule has 31 heavy (non-hydrogen) atoms. The Morgan fingerprint density at radius 1 is 1.06 bits per heavy atom. The van der Waals surface area contributed by atoms with E-state index >= 15 is 0 Å². The standard InChI is InChI=1S/C24H34N2O5/c1-5-10-20(14-19-12-8-7-9-13-19)24(30)31-18(4)15-25-22(28)21(11-6-2)23(29)26-17(3)16-27/h5-9,12-13,17-18,20-21,27H,1-2,10-11,14-16H2,3-4H3,(H,25,28)(H,26,29)/t17-,18-,20+,21?/m0/s1. The SMILES string of the molecule is C=CCC(C(=O)NC[C@H](C)OC(=O)[C@H](CC=C)Cc1ccccc1)C(=O)N[C@@H](C)CO. The van der Waals surface area contributed by atoms with E-state index in [0.717, 1.165) is 5.56 Å². The third kappa shape index (κ3) is 9.61. The second kappa shape index (κ2) is 14.1. The van der Waals surface area contributed by atoms with Gasteiger partial charge in [0.15, 0.2) is 0 Å². The van der Waals surface area contributed by atoms with Crippen molar-refractivity contribution in [3.8, 4) is 0 Å². The van der Waals surface area contributed by atoms with E-state index in [1.807, 2.05) is 30.3 Å². The average molecular weight is 431 g/mol. The first-order chi connectivity index (χ1) is 14.8. The summed E-state index contributed by atoms with van der Waals surface area (Å²) in [5.41, 5.74) is 1.03. The minimum absolute atomic E-state index is 0.0766. The average Bonchev–Trinajstić information content (AvgIpc) is 2.75. The summed E-state index contributed by atoms with van der Waals surface area (Å²) in [6, 6.07) is 9.20. The summed E-state index contributed by atoms with van der Waals surface area (Å²) in [5, 5.41) is 14.3. The molecule has 0 fully saturated rings. The topological polar surface area (TPSA) is 105 Å². The van der Waals surface area contributed by atoms with E-state index in [9.17, 15) is 14.4 Å². The van der Waals surface area contributed by atoms with E-state index < -0.39 is 29.9 Å². The Balaban J connectivity index is 2.61. The lowest BCUT2D eigenvalue weighted by atomic mass is 9.96. The van der Waals surface area contributed by atoms with Gasteiger partial charge in [-0.25, -0.2) is 0 Å². The van der Waals surface area contributed by atoms with Gasteiger partial charge in [-0.15, -0.1) is 13.2 Å². The highest BCUT2D eigenvalue weighted by Gasteiger charge is 2.27. The molecule has 3 N–H and O–H groups in total. The van der Waals surface area contributed by atoms with Crippen molar-refractivity contribution in [1.29, 1.82) is 0 Å². The Kier molecular flexibility index (Phi) is 11.9. The predicted octanol–water partition coefficient (Wildman–Crippen LogP) is 2.16. The minimum Gasteiger partial charge on any atom is -0.461 e. The highest BCUT2D eigenvalue weighted by Crippen LogP contribution is 2.16. The summed E-state index contributed by atoms with van der Waals surface area (Å²) in [4.78, 5) is 37.4. The summed E-state index contributed by atoms with van der Waals surface area (Å²) in [5.74, 6) is -2.67. The molecule has 0 aliphatic rings. The fourth-order valence-corrected chi connectivity index (χ4v) is 2.96. The predicted molar refractivity (Wildman–Crippen MR) is 120 cm³/mol. The van der Waals surface area contributed by atoms with Crippen LogP contribution in [-0.2, 0) is 25.5 Å². The first kappa shape index (κ1) is 26.1. The number of carbonyl (C=O) groups excluding carboxylic acids is 3. The number of hydrogen-bond donors (Lipinski definition) is 3. The minimum atomic E-state index is -0.971. The van der Waals surface area contributed by atoms with Crippen molar-refractivity contribution in [1.82, 2.24) is 10.6 Å². The molecule has 0 saturated heterocycles. The van der Waals surface area contributed by atoms with Crippen molar-refractivity contribution in [2.45, 2.75) is 45.3 Å². The van der Waals surface area contributed by atoms with Crippen LogP contribution in [0, 0.1) is 11.8 Å². The molecular formula is C24H34N2O5. The molecule has 0 heterocycles. The maximum absolute atomic E-state index is 12.6. The quantitative estimate of drug-likeness (QED) is 0.238. The molecule has 7 heteroatoms. The number of benzene rings is 1. The summed E-state index contributed by atoms with van der Waals surface area (Å²) in [6.07, 6.45) is 3.78. The summed E-state index contributed by atoms with van der Waals surface area (Å²) < 4.78 is 5.51. The summed E-state index contributed by atoms with van der Waals surface area (Å²) in [7, 11) is 0. The van der Waals surface area contributed by atoms with Crippen molar-refractivity contribution >= 4 is 17.8 Å². The number of amides is 2. The van der Waals surface area contributed by atoms with Crippen molar-refractivity contribution < 1.29 is 24.2 Å². The smallest absolute Gasteiger partial charge is 0.309 e. The lowest BCUT2D eigenvalue weighted by molar-refractivity contribution is -0.153. The van der Waals surface area contributed by atoms with Gasteiger partial charge in [-0.3, -0.25) is 14.4 Å². The van der Waals surface area contributed by atoms with Crippen LogP contribution in [0.2, 0.25) is 0 Å². The molecule has 2 amide bonds. The molecule has 0 aliphatic heterocycles. The largest absolute Gasteiger partial charge is 0.461 e. The Hall–Kier alpha value is -2.93. The van der Waals surface area contributed by atoms with Gasteiger partial charge in [0.2, 0.25) is 11.8 Å². The highest BCUT2D eigenvalue weighted by molar-refractivity contribution is 6.00. The zero-order valence-electron chi connectivity index (χ0n) is 18.4. The van der Waals surface area contributed by atoms with Gasteiger partial charge >= 0.3 is 5.97 Å². The molecule has 0 bridgehead atoms. The lowest BCUT2D eigenvalue weighted by Gasteiger charge is -2.21. The van der Waals surface area contributed by atoms with Gasteiger partial charge in [0.05, 0.1) is 19.1 Å². The maximum atomic E-state index is 12.6. The Labute approximate surface area is 184 Å². The van der Waals surface area contributed by atoms with E-state index in [2.05, 4.69) is 23.8 Å². The molecule has 1 aromatic rings. The number of aliphatic hydroxyl groups excluding tert-OH is 1. The van der Waals surface area contributed by atoms with Crippen LogP contribution in [0.15, 0.2) is 55.6 Å². The molecule has 0 aliphatic carbocycles. The molecule has 0 aromatic heterocycles. The van der Waals surface area contributed by atoms with E-state index in [0.29, 0.717) is 12.8 Å². The fourth-order valence-electron chi connectivity index (χ4n) is 2.96. The van der Waals surface area contributed by atoms with Crippen LogP contribution in [0.5, 0.6) is 0 Å². The Bertz CT molecular complexity index is 735. The third-order valence-electron chi connectivity index (χ3n) is 4.69. The van der Waals surface area contributed by atoms with E-state index in [1.54, 1.807) is 19.9 Å². The van der Waals surface area contributed by atoms with Gasteiger partial charge < -0.3 is 20.5 Å². The third-order valence-corrected chi connectivity index (χ3v) is 4.69. The molecule has 4 atom stereocenters. The van der Waals surface area contributed by atoms with Crippen LogP contribution in [-0.4, -0.2) is 48.2 Å². The normalized spacial score (nSPS) is 14.4. The zero-order chi connectivity index (χ0) is 23.2. The number of rotatable bonds is 14. The van der Waals surface area contributed by atoms with E-state index in [4.69, 9.17) is 9.84 Å². The number of allylic oxidation sites excluding steroid dienone is 2. The molecule has 170 valence electrons. The van der Waals surface area contributed by atoms with Crippen LogP contribution in [0.3, 0.4) is 0 Å². The lowest BCUT2D eigenvalue weighted by Crippen LogP contribution is -2.46. The molecule has 7 nitrogen and oxygen atoms in total. The van der Waals surface area contributed by atoms with Gasteiger partial charge in [-0.1, -0.05) is 42.5 Å². The van der Waals surface area contributed by atoms with E-state index in [1.165, 1.54) is 6.08 Å². The molecule has 1 unspecified atom stereocenters. The Morgan fingerprint density at radius 3 is 2.29 bits per heavy atom. The first-order valence-electron chi connectivity index (χ1n) is 10.5. The van der Waals surface area contributed by atoms with Gasteiger partial charge in [-0.2, -0.15) is 0 Å². The molecule has 1 rings (SSSR count). The molecule has 0 saturated carbocycles. The molecule has 0 spiro atoms. The number of aliphatic hydroxyl groups is 1. The summed E-state index contributed by atoms with van der Waals surface area (Å²) >= 11 is 0. The van der Waals surface area contributed by atoms with Crippen molar-refractivity contribution in [3.05, 3.63) is 61.2 Å². The van der Waals surface area contributed by atoms with Crippen LogP contribution in [0.4, 0.5) is 0 Å². The summed E-state index contributed by atoms with van der Waals surface area (Å²) in [6.45, 7) is 10.5. The van der Waals surface area contributed by atoms with Gasteiger partial charge in [0, 0.05) is 6.04 Å². The first-order valence-corrected chi connectivity index (χ1v) is 10.5. The number of nitrogens with one attached hydrogen (secondary N) is 2. The fraction of sp³-hybridized carbons (Fsp3) is 0.458. The number of hydrogen-bond acceptors (Lipinski definition) is 5. The van der Waals surface area contributed by atoms with Crippen LogP contribution in [0.1, 0.15) is 32.3 Å². The van der Waals surface area contributed by atoms with Crippen LogP contribution < -0.4 is 10.6 Å². The number of ether oxygens (including phenoxy) is 1. The van der Waals surface area contributed by atoms with Gasteiger partial charge in [-0.05, 0) is 38.7 Å². The van der Waals surface area contributed by atoms with Gasteiger partial charge in [0.25, 0.3) is 0 Å². The van der Waals surface area contributed by atoms with Crippen molar-refractivity contribution in [2.24, 2.45) is 11.8 Å². The molecular weight excluding hydrogens is 396 g/mol. The number of esters is 1. The highest BCUT2D eigenvalue weighted by atomic mass is 16.5. The van der Waals surface area contributed by atoms with Crippen LogP contribution in [0.25, 0.3) is 0 Å². The van der Waals surface area contributed by atoms with Crippen molar-refractivity contribution in [3.63, 3.8) is 0 Å².